The normalized spacial score (nSPS) is 11.2. The number of aromatic nitrogens is 4. The lowest BCUT2D eigenvalue weighted by Gasteiger charge is -1.99. The monoisotopic (exact) mass is 245 g/mol. The molecular formula is C9H11N9. The van der Waals surface area contributed by atoms with Gasteiger partial charge in [-0.2, -0.15) is 4.99 Å². The number of rotatable bonds is 2. The van der Waals surface area contributed by atoms with E-state index < -0.39 is 0 Å². The molecule has 2 aromatic rings. The van der Waals surface area contributed by atoms with Gasteiger partial charge in [-0.3, -0.25) is 0 Å². The van der Waals surface area contributed by atoms with Gasteiger partial charge in [0.25, 0.3) is 0 Å². The number of nitrogens with two attached hydrogens (primary N) is 3. The SMILES string of the molecule is NC(N)=NC(N)=Nc1ccc(-n2cnnn2)cc1. The Balaban J connectivity index is 2.21. The molecule has 6 N–H and O–H groups in total. The topological polar surface area (TPSA) is 146 Å². The molecule has 2 rings (SSSR count). The third-order valence-corrected chi connectivity index (χ3v) is 1.95. The minimum Gasteiger partial charge on any atom is -0.370 e. The van der Waals surface area contributed by atoms with Crippen molar-refractivity contribution >= 4 is 17.6 Å². The Morgan fingerprint density at radius 3 is 2.39 bits per heavy atom. The first-order valence-electron chi connectivity index (χ1n) is 4.92. The average molecular weight is 245 g/mol. The second kappa shape index (κ2) is 4.91. The number of benzene rings is 1. The second-order valence-electron chi connectivity index (χ2n) is 3.28. The smallest absolute Gasteiger partial charge is 0.223 e. The highest BCUT2D eigenvalue weighted by molar-refractivity contribution is 5.93. The molecule has 0 unspecified atom stereocenters. The van der Waals surface area contributed by atoms with Crippen molar-refractivity contribution in [2.24, 2.45) is 27.2 Å². The minimum absolute atomic E-state index is 0.00910. The molecule has 0 aliphatic rings. The van der Waals surface area contributed by atoms with Gasteiger partial charge < -0.3 is 17.2 Å². The van der Waals surface area contributed by atoms with Gasteiger partial charge in [0, 0.05) is 0 Å². The average Bonchev–Trinajstić information content (AvgIpc) is 2.82. The third-order valence-electron chi connectivity index (χ3n) is 1.95. The standard InChI is InChI=1S/C9H11N9/c10-8(11)15-9(12)14-6-1-3-7(4-2-6)18-5-13-16-17-18/h1-5H,(H6,10,11,12,14,15). The fraction of sp³-hybridized carbons (Fsp3) is 0. The Kier molecular flexibility index (Phi) is 3.14. The van der Waals surface area contributed by atoms with Gasteiger partial charge in [0.05, 0.1) is 11.4 Å². The molecule has 0 spiro atoms. The van der Waals surface area contributed by atoms with Crippen LogP contribution < -0.4 is 17.2 Å². The van der Waals surface area contributed by atoms with Crippen LogP contribution >= 0.6 is 0 Å². The molecule has 92 valence electrons. The molecule has 18 heavy (non-hydrogen) atoms. The minimum atomic E-state index is -0.137. The van der Waals surface area contributed by atoms with E-state index >= 15 is 0 Å². The lowest BCUT2D eigenvalue weighted by Crippen LogP contribution is -2.26. The molecule has 9 nitrogen and oxygen atoms in total. The van der Waals surface area contributed by atoms with E-state index in [2.05, 4.69) is 25.5 Å². The van der Waals surface area contributed by atoms with Crippen LogP contribution in [0.2, 0.25) is 0 Å². The number of guanidine groups is 2. The number of hydrogen-bond donors (Lipinski definition) is 3. The van der Waals surface area contributed by atoms with Crippen molar-refractivity contribution in [1.82, 2.24) is 20.2 Å². The number of nitrogens with zero attached hydrogens (tertiary/aromatic N) is 6. The van der Waals surface area contributed by atoms with E-state index in [-0.39, 0.29) is 11.9 Å². The van der Waals surface area contributed by atoms with Crippen molar-refractivity contribution in [3.05, 3.63) is 30.6 Å². The number of hydrogen-bond acceptors (Lipinski definition) is 4. The van der Waals surface area contributed by atoms with Gasteiger partial charge in [0.15, 0.2) is 5.96 Å². The largest absolute Gasteiger partial charge is 0.370 e. The molecule has 0 saturated carbocycles. The lowest BCUT2D eigenvalue weighted by atomic mass is 10.3. The second-order valence-corrected chi connectivity index (χ2v) is 3.28. The molecule has 0 aliphatic heterocycles. The van der Waals surface area contributed by atoms with E-state index in [1.165, 1.54) is 11.0 Å². The van der Waals surface area contributed by atoms with Crippen molar-refractivity contribution in [3.63, 3.8) is 0 Å². The zero-order valence-electron chi connectivity index (χ0n) is 9.30. The van der Waals surface area contributed by atoms with Gasteiger partial charge in [-0.15, -0.1) is 5.10 Å². The van der Waals surface area contributed by atoms with E-state index in [1.54, 1.807) is 24.3 Å². The molecule has 1 aromatic heterocycles. The van der Waals surface area contributed by atoms with Crippen LogP contribution in [0.5, 0.6) is 0 Å². The Bertz CT molecular complexity index is 563. The molecule has 1 heterocycles. The number of tetrazole rings is 1. The van der Waals surface area contributed by atoms with Gasteiger partial charge in [-0.1, -0.05) is 0 Å². The summed E-state index contributed by atoms with van der Waals surface area (Å²) in [7, 11) is 0. The molecule has 0 bridgehead atoms. The molecule has 0 saturated heterocycles. The highest BCUT2D eigenvalue weighted by Gasteiger charge is 1.98. The van der Waals surface area contributed by atoms with Crippen molar-refractivity contribution in [1.29, 1.82) is 0 Å². The van der Waals surface area contributed by atoms with Crippen LogP contribution in [0, 0.1) is 0 Å². The summed E-state index contributed by atoms with van der Waals surface area (Å²) >= 11 is 0. The lowest BCUT2D eigenvalue weighted by molar-refractivity contribution is 0.789. The van der Waals surface area contributed by atoms with Gasteiger partial charge in [-0.25, -0.2) is 9.67 Å². The Hall–Kier alpha value is -2.97. The summed E-state index contributed by atoms with van der Waals surface area (Å²) in [6, 6.07) is 7.06. The van der Waals surface area contributed by atoms with Crippen molar-refractivity contribution in [3.8, 4) is 5.69 Å². The number of aliphatic imine (C=N–C) groups is 2. The van der Waals surface area contributed by atoms with Crippen molar-refractivity contribution in [2.75, 3.05) is 0 Å². The highest BCUT2D eigenvalue weighted by Crippen LogP contribution is 2.14. The first kappa shape index (κ1) is 11.5. The van der Waals surface area contributed by atoms with Crippen LogP contribution in [0.15, 0.2) is 40.6 Å². The summed E-state index contributed by atoms with van der Waals surface area (Å²) in [5, 5.41) is 10.8. The third kappa shape index (κ3) is 2.78. The summed E-state index contributed by atoms with van der Waals surface area (Å²) < 4.78 is 1.52. The molecule has 1 aromatic carbocycles. The van der Waals surface area contributed by atoms with Crippen molar-refractivity contribution in [2.45, 2.75) is 0 Å². The summed E-state index contributed by atoms with van der Waals surface area (Å²) in [6.07, 6.45) is 1.49. The predicted molar refractivity (Wildman–Crippen MR) is 66.2 cm³/mol. The Morgan fingerprint density at radius 2 is 1.83 bits per heavy atom. The quantitative estimate of drug-likeness (QED) is 0.451. The van der Waals surface area contributed by atoms with E-state index in [1.807, 2.05) is 0 Å². The van der Waals surface area contributed by atoms with Gasteiger partial charge in [-0.05, 0) is 34.7 Å². The predicted octanol–water partition coefficient (Wildman–Crippen LogP) is -1.12. The maximum Gasteiger partial charge on any atom is 0.223 e. The molecule has 9 heteroatoms. The van der Waals surface area contributed by atoms with Crippen LogP contribution in [0.1, 0.15) is 0 Å². The first-order valence-corrected chi connectivity index (χ1v) is 4.92. The summed E-state index contributed by atoms with van der Waals surface area (Å²) in [4.78, 5) is 7.62. The van der Waals surface area contributed by atoms with Crippen LogP contribution in [0.25, 0.3) is 5.69 Å². The molecule has 0 aliphatic carbocycles. The molecular weight excluding hydrogens is 234 g/mol. The van der Waals surface area contributed by atoms with Gasteiger partial charge >= 0.3 is 0 Å². The van der Waals surface area contributed by atoms with Crippen LogP contribution in [-0.2, 0) is 0 Å². The molecule has 0 amide bonds. The zero-order valence-corrected chi connectivity index (χ0v) is 9.30. The van der Waals surface area contributed by atoms with Gasteiger partial charge in [0.1, 0.15) is 6.33 Å². The summed E-state index contributed by atoms with van der Waals surface area (Å²) in [5.41, 5.74) is 17.3. The van der Waals surface area contributed by atoms with E-state index in [9.17, 15) is 0 Å². The summed E-state index contributed by atoms with van der Waals surface area (Å²) in [5.74, 6) is -0.147. The maximum absolute atomic E-state index is 5.50. The molecule has 0 atom stereocenters. The summed E-state index contributed by atoms with van der Waals surface area (Å²) in [6.45, 7) is 0. The van der Waals surface area contributed by atoms with Crippen LogP contribution in [-0.4, -0.2) is 32.1 Å². The maximum atomic E-state index is 5.50. The van der Waals surface area contributed by atoms with Crippen molar-refractivity contribution < 1.29 is 0 Å². The van der Waals surface area contributed by atoms with Crippen LogP contribution in [0.3, 0.4) is 0 Å². The molecule has 0 radical (unpaired) electrons. The fourth-order valence-electron chi connectivity index (χ4n) is 1.25. The fourth-order valence-corrected chi connectivity index (χ4v) is 1.25. The van der Waals surface area contributed by atoms with E-state index in [0.717, 1.165) is 5.69 Å². The zero-order chi connectivity index (χ0) is 13.0. The molecule has 0 fully saturated rings. The highest BCUT2D eigenvalue weighted by atomic mass is 15.5. The Morgan fingerprint density at radius 1 is 1.11 bits per heavy atom. The van der Waals surface area contributed by atoms with Gasteiger partial charge in [0.2, 0.25) is 5.96 Å². The van der Waals surface area contributed by atoms with E-state index in [4.69, 9.17) is 17.2 Å². The first-order chi connectivity index (χ1) is 8.65. The Labute approximate surface area is 102 Å². The van der Waals surface area contributed by atoms with E-state index in [0.29, 0.717) is 5.69 Å². The van der Waals surface area contributed by atoms with Crippen LogP contribution in [0.4, 0.5) is 5.69 Å².